The summed E-state index contributed by atoms with van der Waals surface area (Å²) in [6.07, 6.45) is 3.15. The second-order valence-electron chi connectivity index (χ2n) is 3.65. The minimum absolute atomic E-state index is 0.133. The first-order chi connectivity index (χ1) is 8.15. The summed E-state index contributed by atoms with van der Waals surface area (Å²) in [6, 6.07) is 8.25. The van der Waals surface area contributed by atoms with Gasteiger partial charge in [0, 0.05) is 4.47 Å². The summed E-state index contributed by atoms with van der Waals surface area (Å²) in [5, 5.41) is 3.74. The van der Waals surface area contributed by atoms with E-state index in [0.29, 0.717) is 11.0 Å². The molecule has 1 unspecified atom stereocenters. The molecule has 5 heteroatoms. The molecule has 1 atom stereocenters. The lowest BCUT2D eigenvalue weighted by Gasteiger charge is -2.14. The van der Waals surface area contributed by atoms with Crippen LogP contribution in [0.25, 0.3) is 0 Å². The van der Waals surface area contributed by atoms with Gasteiger partial charge >= 0.3 is 0 Å². The van der Waals surface area contributed by atoms with Crippen molar-refractivity contribution in [1.82, 2.24) is 9.97 Å². The van der Waals surface area contributed by atoms with Crippen LogP contribution in [0.2, 0.25) is 5.02 Å². The van der Waals surface area contributed by atoms with Gasteiger partial charge in [-0.15, -0.1) is 0 Å². The topological polar surface area (TPSA) is 37.8 Å². The SMILES string of the molecule is CC(Nc1ncc(Cl)cn1)c1cccc(Br)c1. The van der Waals surface area contributed by atoms with Crippen LogP contribution in [0.5, 0.6) is 0 Å². The summed E-state index contributed by atoms with van der Waals surface area (Å²) in [5.74, 6) is 0.571. The third-order valence-corrected chi connectivity index (χ3v) is 3.00. The minimum atomic E-state index is 0.133. The standard InChI is InChI=1S/C12H11BrClN3/c1-8(9-3-2-4-10(13)5-9)17-12-15-6-11(14)7-16-12/h2-8H,1H3,(H,15,16,17). The highest BCUT2D eigenvalue weighted by molar-refractivity contribution is 9.10. The minimum Gasteiger partial charge on any atom is -0.348 e. The van der Waals surface area contributed by atoms with Crippen molar-refractivity contribution in [3.8, 4) is 0 Å². The molecule has 17 heavy (non-hydrogen) atoms. The van der Waals surface area contributed by atoms with Gasteiger partial charge in [-0.3, -0.25) is 0 Å². The van der Waals surface area contributed by atoms with Gasteiger partial charge in [0.2, 0.25) is 5.95 Å². The summed E-state index contributed by atoms with van der Waals surface area (Å²) < 4.78 is 1.06. The summed E-state index contributed by atoms with van der Waals surface area (Å²) in [5.41, 5.74) is 1.16. The molecular weight excluding hydrogens is 302 g/mol. The lowest BCUT2D eigenvalue weighted by atomic mass is 10.1. The molecule has 1 aromatic carbocycles. The summed E-state index contributed by atoms with van der Waals surface area (Å²) in [6.45, 7) is 2.06. The Morgan fingerprint density at radius 1 is 1.29 bits per heavy atom. The van der Waals surface area contributed by atoms with Crippen LogP contribution < -0.4 is 5.32 Å². The Morgan fingerprint density at radius 3 is 2.65 bits per heavy atom. The second-order valence-corrected chi connectivity index (χ2v) is 5.00. The fourth-order valence-electron chi connectivity index (χ4n) is 1.44. The number of benzene rings is 1. The number of halogens is 2. The summed E-state index contributed by atoms with van der Waals surface area (Å²) in [4.78, 5) is 8.20. The van der Waals surface area contributed by atoms with Crippen molar-refractivity contribution in [1.29, 1.82) is 0 Å². The smallest absolute Gasteiger partial charge is 0.223 e. The third-order valence-electron chi connectivity index (χ3n) is 2.31. The lowest BCUT2D eigenvalue weighted by Crippen LogP contribution is -2.09. The molecule has 88 valence electrons. The molecule has 0 radical (unpaired) electrons. The van der Waals surface area contributed by atoms with Crippen LogP contribution in [0.4, 0.5) is 5.95 Å². The van der Waals surface area contributed by atoms with Crippen LogP contribution in [0, 0.1) is 0 Å². The molecule has 3 nitrogen and oxygen atoms in total. The summed E-state index contributed by atoms with van der Waals surface area (Å²) >= 11 is 9.18. The van der Waals surface area contributed by atoms with Crippen LogP contribution in [-0.2, 0) is 0 Å². The average Bonchev–Trinajstić information content (AvgIpc) is 2.32. The number of aromatic nitrogens is 2. The van der Waals surface area contributed by atoms with E-state index >= 15 is 0 Å². The Bertz CT molecular complexity index is 501. The molecule has 0 spiro atoms. The Hall–Kier alpha value is -1.13. The number of hydrogen-bond donors (Lipinski definition) is 1. The molecule has 0 aliphatic heterocycles. The normalized spacial score (nSPS) is 12.2. The van der Waals surface area contributed by atoms with Gasteiger partial charge in [0.15, 0.2) is 0 Å². The highest BCUT2D eigenvalue weighted by Crippen LogP contribution is 2.20. The van der Waals surface area contributed by atoms with Crippen molar-refractivity contribution in [2.24, 2.45) is 0 Å². The quantitative estimate of drug-likeness (QED) is 0.928. The van der Waals surface area contributed by atoms with Gasteiger partial charge in [-0.1, -0.05) is 39.7 Å². The second kappa shape index (κ2) is 5.47. The van der Waals surface area contributed by atoms with E-state index < -0.39 is 0 Å². The number of anilines is 1. The molecular formula is C12H11BrClN3. The van der Waals surface area contributed by atoms with Crippen LogP contribution in [-0.4, -0.2) is 9.97 Å². The van der Waals surface area contributed by atoms with Gasteiger partial charge in [0.25, 0.3) is 0 Å². The lowest BCUT2D eigenvalue weighted by molar-refractivity contribution is 0.859. The van der Waals surface area contributed by atoms with E-state index in [9.17, 15) is 0 Å². The highest BCUT2D eigenvalue weighted by atomic mass is 79.9. The Balaban J connectivity index is 2.11. The van der Waals surface area contributed by atoms with E-state index in [4.69, 9.17) is 11.6 Å². The van der Waals surface area contributed by atoms with Crippen molar-refractivity contribution in [3.63, 3.8) is 0 Å². The predicted octanol–water partition coefficient (Wildman–Crippen LogP) is 4.07. The maximum atomic E-state index is 5.73. The number of hydrogen-bond acceptors (Lipinski definition) is 3. The van der Waals surface area contributed by atoms with Crippen LogP contribution in [0.15, 0.2) is 41.1 Å². The van der Waals surface area contributed by atoms with Gasteiger partial charge < -0.3 is 5.32 Å². The Morgan fingerprint density at radius 2 is 2.00 bits per heavy atom. The van der Waals surface area contributed by atoms with E-state index in [1.807, 2.05) is 12.1 Å². The van der Waals surface area contributed by atoms with Gasteiger partial charge in [-0.2, -0.15) is 0 Å². The number of rotatable bonds is 3. The van der Waals surface area contributed by atoms with Gasteiger partial charge in [0.05, 0.1) is 23.5 Å². The Kier molecular flexibility index (Phi) is 3.97. The zero-order valence-corrected chi connectivity index (χ0v) is 11.5. The van der Waals surface area contributed by atoms with Gasteiger partial charge in [0.1, 0.15) is 0 Å². The third kappa shape index (κ3) is 3.41. The first kappa shape index (κ1) is 12.3. The first-order valence-electron chi connectivity index (χ1n) is 5.14. The molecule has 2 aromatic rings. The van der Waals surface area contributed by atoms with E-state index in [1.165, 1.54) is 0 Å². The van der Waals surface area contributed by atoms with Crippen LogP contribution >= 0.6 is 27.5 Å². The van der Waals surface area contributed by atoms with E-state index in [0.717, 1.165) is 10.0 Å². The average molecular weight is 313 g/mol. The predicted molar refractivity (Wildman–Crippen MR) is 73.2 cm³/mol. The first-order valence-corrected chi connectivity index (χ1v) is 6.32. The molecule has 0 amide bonds. The van der Waals surface area contributed by atoms with Crippen molar-refractivity contribution >= 4 is 33.5 Å². The molecule has 0 bridgehead atoms. The van der Waals surface area contributed by atoms with Crippen molar-refractivity contribution in [2.45, 2.75) is 13.0 Å². The number of nitrogens with zero attached hydrogens (tertiary/aromatic N) is 2. The molecule has 0 fully saturated rings. The fraction of sp³-hybridized carbons (Fsp3) is 0.167. The zero-order chi connectivity index (χ0) is 12.3. The van der Waals surface area contributed by atoms with Crippen LogP contribution in [0.3, 0.4) is 0 Å². The molecule has 0 aliphatic carbocycles. The number of nitrogens with one attached hydrogen (secondary N) is 1. The van der Waals surface area contributed by atoms with Gasteiger partial charge in [-0.05, 0) is 24.6 Å². The molecule has 1 aromatic heterocycles. The maximum absolute atomic E-state index is 5.73. The van der Waals surface area contributed by atoms with E-state index in [2.05, 4.69) is 50.3 Å². The maximum Gasteiger partial charge on any atom is 0.223 e. The van der Waals surface area contributed by atoms with Crippen molar-refractivity contribution in [3.05, 3.63) is 51.7 Å². The molecule has 1 heterocycles. The fourth-order valence-corrected chi connectivity index (χ4v) is 1.95. The largest absolute Gasteiger partial charge is 0.348 e. The van der Waals surface area contributed by atoms with Crippen molar-refractivity contribution in [2.75, 3.05) is 5.32 Å². The van der Waals surface area contributed by atoms with E-state index in [1.54, 1.807) is 12.4 Å². The van der Waals surface area contributed by atoms with Crippen LogP contribution in [0.1, 0.15) is 18.5 Å². The molecule has 1 N–H and O–H groups in total. The van der Waals surface area contributed by atoms with Gasteiger partial charge in [-0.25, -0.2) is 9.97 Å². The zero-order valence-electron chi connectivity index (χ0n) is 9.19. The molecule has 0 saturated carbocycles. The summed E-state index contributed by atoms with van der Waals surface area (Å²) in [7, 11) is 0. The molecule has 0 aliphatic rings. The highest BCUT2D eigenvalue weighted by Gasteiger charge is 2.06. The van der Waals surface area contributed by atoms with E-state index in [-0.39, 0.29) is 6.04 Å². The Labute approximate surface area is 113 Å². The molecule has 2 rings (SSSR count). The molecule has 0 saturated heterocycles. The monoisotopic (exact) mass is 311 g/mol. The van der Waals surface area contributed by atoms with Crippen molar-refractivity contribution < 1.29 is 0 Å².